The highest BCUT2D eigenvalue weighted by atomic mass is 16.6. The van der Waals surface area contributed by atoms with Gasteiger partial charge in [-0.2, -0.15) is 0 Å². The highest BCUT2D eigenvalue weighted by Gasteiger charge is 2.87. The first-order chi connectivity index (χ1) is 13.1. The molecule has 0 radical (unpaired) electrons. The number of ether oxygens (including phenoxy) is 2. The van der Waals surface area contributed by atoms with E-state index in [1.54, 1.807) is 0 Å². The van der Waals surface area contributed by atoms with Crippen molar-refractivity contribution < 1.29 is 34.7 Å². The summed E-state index contributed by atoms with van der Waals surface area (Å²) >= 11 is 0. The van der Waals surface area contributed by atoms with Crippen molar-refractivity contribution in [2.75, 3.05) is 20.3 Å². The molecule has 2 saturated heterocycles. The van der Waals surface area contributed by atoms with Crippen LogP contribution in [-0.2, 0) is 14.3 Å². The zero-order valence-corrected chi connectivity index (χ0v) is 16.8. The van der Waals surface area contributed by atoms with Crippen molar-refractivity contribution in [3.05, 3.63) is 0 Å². The third kappa shape index (κ3) is 1.74. The van der Waals surface area contributed by atoms with E-state index >= 15 is 0 Å². The van der Waals surface area contributed by atoms with E-state index < -0.39 is 52.7 Å². The molecule has 0 aromatic carbocycles. The predicted molar refractivity (Wildman–Crippen MR) is 96.9 cm³/mol. The summed E-state index contributed by atoms with van der Waals surface area (Å²) in [7, 11) is 1.52. The van der Waals surface area contributed by atoms with Gasteiger partial charge in [-0.3, -0.25) is 4.79 Å². The summed E-state index contributed by atoms with van der Waals surface area (Å²) in [4.78, 5) is 13.8. The lowest BCUT2D eigenvalue weighted by Gasteiger charge is -2.74. The molecule has 158 valence electrons. The van der Waals surface area contributed by atoms with Crippen LogP contribution >= 0.6 is 0 Å². The minimum atomic E-state index is -2.14. The Balaban J connectivity index is 1.75. The van der Waals surface area contributed by atoms with E-state index in [1.807, 2.05) is 0 Å². The van der Waals surface area contributed by atoms with Crippen molar-refractivity contribution in [1.82, 2.24) is 0 Å². The van der Waals surface area contributed by atoms with Gasteiger partial charge in [0.25, 0.3) is 0 Å². The standard InChI is InChI=1S/C21H32O7/c1-18(2)7-6-13(22)19-9-28-21(26,17(25)14(18)19)20-12(19)5-4-10(15(20)23)11(8-27-3)16(20)24/h10-15,17,22-23,25-26H,4-9H2,1-3H3. The van der Waals surface area contributed by atoms with Crippen molar-refractivity contribution in [2.45, 2.75) is 63.6 Å². The van der Waals surface area contributed by atoms with E-state index in [-0.39, 0.29) is 30.3 Å². The molecular weight excluding hydrogens is 364 g/mol. The molecule has 7 heteroatoms. The average Bonchev–Trinajstić information content (AvgIpc) is 2.76. The third-order valence-electron chi connectivity index (χ3n) is 9.42. The molecule has 6 fully saturated rings. The third-order valence-corrected chi connectivity index (χ3v) is 9.42. The number of aliphatic hydroxyl groups is 4. The molecule has 6 rings (SSSR count). The van der Waals surface area contributed by atoms with Crippen LogP contribution in [-0.4, -0.2) is 70.6 Å². The summed E-state index contributed by atoms with van der Waals surface area (Å²) in [5.74, 6) is -4.11. The maximum absolute atomic E-state index is 13.8. The van der Waals surface area contributed by atoms with Crippen LogP contribution in [0.15, 0.2) is 0 Å². The first-order valence-corrected chi connectivity index (χ1v) is 10.5. The Kier molecular flexibility index (Phi) is 3.85. The average molecular weight is 396 g/mol. The summed E-state index contributed by atoms with van der Waals surface area (Å²) in [5.41, 5.74) is -2.79. The lowest BCUT2D eigenvalue weighted by atomic mass is 9.35. The molecule has 2 spiro atoms. The molecule has 4 saturated carbocycles. The number of carbonyl (C=O) groups excluding carboxylic acids is 1. The van der Waals surface area contributed by atoms with E-state index in [0.29, 0.717) is 19.3 Å². The van der Waals surface area contributed by atoms with Crippen LogP contribution in [0.1, 0.15) is 39.5 Å². The normalized spacial score (nSPS) is 59.1. The topological polar surface area (TPSA) is 116 Å². The van der Waals surface area contributed by atoms with Gasteiger partial charge in [0.15, 0.2) is 5.78 Å². The Morgan fingerprint density at radius 3 is 2.54 bits per heavy atom. The van der Waals surface area contributed by atoms with E-state index in [2.05, 4.69) is 13.8 Å². The molecule has 4 aliphatic carbocycles. The molecule has 4 bridgehead atoms. The Morgan fingerprint density at radius 2 is 1.86 bits per heavy atom. The SMILES string of the molecule is COCC1C(=O)C23C(O)C1CCC2C12COC3(O)C(O)C1C(C)(C)CCC2O. The number of aliphatic hydroxyl groups excluding tert-OH is 3. The number of rotatable bonds is 2. The van der Waals surface area contributed by atoms with Gasteiger partial charge in [0.1, 0.15) is 11.5 Å². The lowest BCUT2D eigenvalue weighted by molar-refractivity contribution is -0.458. The second-order valence-electron chi connectivity index (χ2n) is 10.6. The van der Waals surface area contributed by atoms with Gasteiger partial charge < -0.3 is 29.9 Å². The molecule has 0 aromatic heterocycles. The first-order valence-electron chi connectivity index (χ1n) is 10.5. The number of ketones is 1. The number of methoxy groups -OCH3 is 1. The second kappa shape index (κ2) is 5.56. The van der Waals surface area contributed by atoms with Crippen LogP contribution < -0.4 is 0 Å². The molecule has 10 atom stereocenters. The molecular formula is C21H32O7. The smallest absolute Gasteiger partial charge is 0.208 e. The van der Waals surface area contributed by atoms with Gasteiger partial charge in [-0.1, -0.05) is 13.8 Å². The number of hydrogen-bond donors (Lipinski definition) is 4. The van der Waals surface area contributed by atoms with Gasteiger partial charge in [0.2, 0.25) is 5.79 Å². The van der Waals surface area contributed by atoms with Crippen LogP contribution in [0.2, 0.25) is 0 Å². The van der Waals surface area contributed by atoms with Crippen LogP contribution in [0.4, 0.5) is 0 Å². The first kappa shape index (κ1) is 19.4. The lowest BCUT2D eigenvalue weighted by Crippen LogP contribution is -2.85. The van der Waals surface area contributed by atoms with Crippen molar-refractivity contribution in [3.63, 3.8) is 0 Å². The van der Waals surface area contributed by atoms with E-state index in [1.165, 1.54) is 7.11 Å². The summed E-state index contributed by atoms with van der Waals surface area (Å²) < 4.78 is 11.1. The second-order valence-corrected chi connectivity index (χ2v) is 10.6. The van der Waals surface area contributed by atoms with Crippen molar-refractivity contribution in [2.24, 2.45) is 39.9 Å². The number of fused-ring (bicyclic) bond motifs is 2. The summed E-state index contributed by atoms with van der Waals surface area (Å²) in [6.45, 7) is 4.38. The molecule has 6 aliphatic rings. The van der Waals surface area contributed by atoms with Crippen molar-refractivity contribution in [1.29, 1.82) is 0 Å². The maximum Gasteiger partial charge on any atom is 0.208 e. The summed E-state index contributed by atoms with van der Waals surface area (Å²) in [5, 5.41) is 45.8. The van der Waals surface area contributed by atoms with Gasteiger partial charge in [0, 0.05) is 24.4 Å². The molecule has 2 heterocycles. The predicted octanol–water partition coefficient (Wildman–Crippen LogP) is 0.0820. The van der Waals surface area contributed by atoms with Crippen LogP contribution in [0.25, 0.3) is 0 Å². The highest BCUT2D eigenvalue weighted by Crippen LogP contribution is 2.76. The zero-order valence-electron chi connectivity index (χ0n) is 16.8. The summed E-state index contributed by atoms with van der Waals surface area (Å²) in [6.07, 6.45) is -0.671. The zero-order chi connectivity index (χ0) is 20.3. The van der Waals surface area contributed by atoms with Crippen molar-refractivity contribution in [3.8, 4) is 0 Å². The minimum absolute atomic E-state index is 0.0991. The Morgan fingerprint density at radius 1 is 1.14 bits per heavy atom. The quantitative estimate of drug-likeness (QED) is 0.522. The molecule has 0 amide bonds. The van der Waals surface area contributed by atoms with Gasteiger partial charge in [0.05, 0.1) is 25.4 Å². The monoisotopic (exact) mass is 396 g/mol. The molecule has 7 nitrogen and oxygen atoms in total. The van der Waals surface area contributed by atoms with Gasteiger partial charge in [-0.25, -0.2) is 0 Å². The fourth-order valence-electron chi connectivity index (χ4n) is 8.47. The molecule has 2 aliphatic heterocycles. The van der Waals surface area contributed by atoms with Crippen molar-refractivity contribution >= 4 is 5.78 Å². The summed E-state index contributed by atoms with van der Waals surface area (Å²) in [6, 6.07) is 0. The fourth-order valence-corrected chi connectivity index (χ4v) is 8.47. The number of hydrogen-bond acceptors (Lipinski definition) is 7. The van der Waals surface area contributed by atoms with Gasteiger partial charge >= 0.3 is 0 Å². The Bertz CT molecular complexity index is 709. The number of Topliss-reactive ketones (excluding diaryl/α,β-unsaturated/α-hetero) is 1. The van der Waals surface area contributed by atoms with Crippen LogP contribution in [0.3, 0.4) is 0 Å². The fraction of sp³-hybridized carbons (Fsp3) is 0.952. The molecule has 28 heavy (non-hydrogen) atoms. The van der Waals surface area contributed by atoms with E-state index in [0.717, 1.165) is 6.42 Å². The maximum atomic E-state index is 13.8. The Hall–Kier alpha value is -0.570. The molecule has 10 unspecified atom stereocenters. The Labute approximate surface area is 165 Å². The number of carbonyl (C=O) groups is 1. The van der Waals surface area contributed by atoms with Crippen LogP contribution in [0.5, 0.6) is 0 Å². The molecule has 4 N–H and O–H groups in total. The highest BCUT2D eigenvalue weighted by molar-refractivity contribution is 5.93. The van der Waals surface area contributed by atoms with Gasteiger partial charge in [-0.05, 0) is 42.9 Å². The molecule has 0 aromatic rings. The van der Waals surface area contributed by atoms with Gasteiger partial charge in [-0.15, -0.1) is 0 Å². The largest absolute Gasteiger partial charge is 0.392 e. The van der Waals surface area contributed by atoms with E-state index in [9.17, 15) is 25.2 Å². The van der Waals surface area contributed by atoms with E-state index in [4.69, 9.17) is 9.47 Å². The van der Waals surface area contributed by atoms with Crippen LogP contribution in [0, 0.1) is 39.9 Å². The minimum Gasteiger partial charge on any atom is -0.392 e.